The summed E-state index contributed by atoms with van der Waals surface area (Å²) in [6.45, 7) is 9.15. The Kier molecular flexibility index (Phi) is 2.34. The minimum atomic E-state index is 0.294. The fourth-order valence-electron chi connectivity index (χ4n) is 1.07. The fourth-order valence-corrected chi connectivity index (χ4v) is 1.07. The number of aromatic hydroxyl groups is 1. The predicted octanol–water partition coefficient (Wildman–Crippen LogP) is 2.99. The van der Waals surface area contributed by atoms with Gasteiger partial charge in [0.15, 0.2) is 0 Å². The molecular formula is C11H12O. The maximum absolute atomic E-state index is 9.45. The molecule has 1 nitrogen and oxygen atoms in total. The maximum Gasteiger partial charge on any atom is 0.119 e. The van der Waals surface area contributed by atoms with Crippen LogP contribution in [0.5, 0.6) is 5.75 Å². The van der Waals surface area contributed by atoms with Crippen molar-refractivity contribution in [1.29, 1.82) is 0 Å². The van der Waals surface area contributed by atoms with Crippen molar-refractivity contribution >= 4 is 12.2 Å². The van der Waals surface area contributed by atoms with E-state index in [-0.39, 0.29) is 0 Å². The van der Waals surface area contributed by atoms with Crippen LogP contribution < -0.4 is 0 Å². The lowest BCUT2D eigenvalue weighted by molar-refractivity contribution is 0.471. The van der Waals surface area contributed by atoms with Gasteiger partial charge in [0.2, 0.25) is 0 Å². The lowest BCUT2D eigenvalue weighted by atomic mass is 10.0. The molecule has 0 saturated heterocycles. The Morgan fingerprint density at radius 3 is 2.42 bits per heavy atom. The summed E-state index contributed by atoms with van der Waals surface area (Å²) in [5.74, 6) is 0.294. The topological polar surface area (TPSA) is 20.2 Å². The van der Waals surface area contributed by atoms with Gasteiger partial charge in [-0.2, -0.15) is 0 Å². The van der Waals surface area contributed by atoms with E-state index < -0.39 is 0 Å². The minimum Gasteiger partial charge on any atom is -0.508 e. The van der Waals surface area contributed by atoms with E-state index in [2.05, 4.69) is 13.2 Å². The molecular weight excluding hydrogens is 148 g/mol. The lowest BCUT2D eigenvalue weighted by Crippen LogP contribution is -1.83. The molecule has 1 N–H and O–H groups in total. The van der Waals surface area contributed by atoms with Gasteiger partial charge in [-0.05, 0) is 35.7 Å². The van der Waals surface area contributed by atoms with Crippen molar-refractivity contribution in [2.45, 2.75) is 6.92 Å². The number of rotatable bonds is 2. The molecule has 0 aliphatic carbocycles. The minimum absolute atomic E-state index is 0.294. The Morgan fingerprint density at radius 2 is 1.92 bits per heavy atom. The summed E-state index contributed by atoms with van der Waals surface area (Å²) in [5.41, 5.74) is 2.72. The van der Waals surface area contributed by atoms with Crippen LogP contribution in [0.4, 0.5) is 0 Å². The second-order valence-corrected chi connectivity index (χ2v) is 2.66. The van der Waals surface area contributed by atoms with E-state index in [4.69, 9.17) is 0 Å². The first-order valence-electron chi connectivity index (χ1n) is 3.77. The molecule has 0 saturated carbocycles. The molecule has 0 aromatic heterocycles. The molecule has 0 unspecified atom stereocenters. The molecule has 12 heavy (non-hydrogen) atoms. The summed E-state index contributed by atoms with van der Waals surface area (Å²) < 4.78 is 0. The quantitative estimate of drug-likeness (QED) is 0.705. The third kappa shape index (κ3) is 1.40. The summed E-state index contributed by atoms with van der Waals surface area (Å²) >= 11 is 0. The van der Waals surface area contributed by atoms with E-state index in [1.54, 1.807) is 18.2 Å². The summed E-state index contributed by atoms with van der Waals surface area (Å²) in [6, 6.07) is 3.63. The van der Waals surface area contributed by atoms with Crippen LogP contribution in [-0.2, 0) is 0 Å². The van der Waals surface area contributed by atoms with Crippen LogP contribution in [0, 0.1) is 6.92 Å². The van der Waals surface area contributed by atoms with Crippen molar-refractivity contribution in [3.63, 3.8) is 0 Å². The van der Waals surface area contributed by atoms with Gasteiger partial charge in [0.25, 0.3) is 0 Å². The zero-order valence-electron chi connectivity index (χ0n) is 7.17. The first-order chi connectivity index (χ1) is 5.69. The molecule has 0 amide bonds. The van der Waals surface area contributed by atoms with Crippen molar-refractivity contribution in [1.82, 2.24) is 0 Å². The molecule has 0 aliphatic heterocycles. The summed E-state index contributed by atoms with van der Waals surface area (Å²) in [4.78, 5) is 0. The molecule has 0 aliphatic rings. The van der Waals surface area contributed by atoms with Gasteiger partial charge >= 0.3 is 0 Å². The Labute approximate surface area is 72.7 Å². The van der Waals surface area contributed by atoms with Crippen LogP contribution in [-0.4, -0.2) is 5.11 Å². The van der Waals surface area contributed by atoms with Crippen molar-refractivity contribution in [2.75, 3.05) is 0 Å². The van der Waals surface area contributed by atoms with Gasteiger partial charge in [0.1, 0.15) is 5.75 Å². The average Bonchev–Trinajstić information content (AvgIpc) is 2.09. The van der Waals surface area contributed by atoms with E-state index in [0.29, 0.717) is 5.75 Å². The van der Waals surface area contributed by atoms with Crippen LogP contribution in [0.3, 0.4) is 0 Å². The molecule has 1 rings (SSSR count). The molecule has 0 atom stereocenters. The molecule has 1 heteroatoms. The van der Waals surface area contributed by atoms with Crippen molar-refractivity contribution < 1.29 is 5.11 Å². The molecule has 1 aromatic carbocycles. The SMILES string of the molecule is C=Cc1cc(O)c(C)c(C=C)c1. The Hall–Kier alpha value is -1.50. The van der Waals surface area contributed by atoms with Crippen LogP contribution >= 0.6 is 0 Å². The number of phenolic OH excluding ortho intramolecular Hbond substituents is 1. The highest BCUT2D eigenvalue weighted by Gasteiger charge is 2.01. The standard InChI is InChI=1S/C11H12O/c1-4-9-6-10(5-2)8(3)11(12)7-9/h4-7,12H,1-2H2,3H3. The van der Waals surface area contributed by atoms with Crippen LogP contribution in [0.2, 0.25) is 0 Å². The monoisotopic (exact) mass is 160 g/mol. The predicted molar refractivity (Wildman–Crippen MR) is 53.0 cm³/mol. The van der Waals surface area contributed by atoms with E-state index in [9.17, 15) is 5.11 Å². The molecule has 1 aromatic rings. The van der Waals surface area contributed by atoms with E-state index in [1.165, 1.54) is 0 Å². The normalized spacial score (nSPS) is 9.42. The smallest absolute Gasteiger partial charge is 0.119 e. The first kappa shape index (κ1) is 8.60. The Bertz CT molecular complexity index is 324. The molecule has 0 spiro atoms. The molecule has 0 radical (unpaired) electrons. The van der Waals surface area contributed by atoms with Gasteiger partial charge in [-0.3, -0.25) is 0 Å². The average molecular weight is 160 g/mol. The van der Waals surface area contributed by atoms with E-state index in [0.717, 1.165) is 16.7 Å². The van der Waals surface area contributed by atoms with Gasteiger partial charge in [-0.25, -0.2) is 0 Å². The fraction of sp³-hybridized carbons (Fsp3) is 0.0909. The van der Waals surface area contributed by atoms with Crippen molar-refractivity contribution in [3.05, 3.63) is 42.0 Å². The number of phenols is 1. The van der Waals surface area contributed by atoms with E-state index >= 15 is 0 Å². The third-order valence-electron chi connectivity index (χ3n) is 1.90. The third-order valence-corrected chi connectivity index (χ3v) is 1.90. The van der Waals surface area contributed by atoms with Crippen LogP contribution in [0.1, 0.15) is 16.7 Å². The van der Waals surface area contributed by atoms with Crippen molar-refractivity contribution in [3.8, 4) is 5.75 Å². The largest absolute Gasteiger partial charge is 0.508 e. The highest BCUT2D eigenvalue weighted by molar-refractivity contribution is 5.62. The number of hydrogen-bond acceptors (Lipinski definition) is 1. The molecule has 0 fully saturated rings. The highest BCUT2D eigenvalue weighted by Crippen LogP contribution is 2.23. The Balaban J connectivity index is 3.37. The summed E-state index contributed by atoms with van der Waals surface area (Å²) in [7, 11) is 0. The first-order valence-corrected chi connectivity index (χ1v) is 3.77. The zero-order valence-corrected chi connectivity index (χ0v) is 7.17. The highest BCUT2D eigenvalue weighted by atomic mass is 16.3. The summed E-state index contributed by atoms with van der Waals surface area (Å²) in [5, 5.41) is 9.45. The van der Waals surface area contributed by atoms with Crippen LogP contribution in [0.25, 0.3) is 12.2 Å². The number of hydrogen-bond donors (Lipinski definition) is 1. The molecule has 0 bridgehead atoms. The van der Waals surface area contributed by atoms with Gasteiger partial charge in [0.05, 0.1) is 0 Å². The van der Waals surface area contributed by atoms with E-state index in [1.807, 2.05) is 13.0 Å². The summed E-state index contributed by atoms with van der Waals surface area (Å²) in [6.07, 6.45) is 3.42. The maximum atomic E-state index is 9.45. The van der Waals surface area contributed by atoms with Crippen LogP contribution in [0.15, 0.2) is 25.3 Å². The van der Waals surface area contributed by atoms with Gasteiger partial charge in [-0.1, -0.05) is 25.3 Å². The molecule has 62 valence electrons. The van der Waals surface area contributed by atoms with Gasteiger partial charge < -0.3 is 5.11 Å². The Morgan fingerprint density at radius 1 is 1.25 bits per heavy atom. The second-order valence-electron chi connectivity index (χ2n) is 2.66. The lowest BCUT2D eigenvalue weighted by Gasteiger charge is -2.04. The van der Waals surface area contributed by atoms with Gasteiger partial charge in [-0.15, -0.1) is 0 Å². The zero-order chi connectivity index (χ0) is 9.14. The molecule has 0 heterocycles. The van der Waals surface area contributed by atoms with Gasteiger partial charge in [0, 0.05) is 0 Å². The van der Waals surface area contributed by atoms with Crippen molar-refractivity contribution in [2.24, 2.45) is 0 Å². The number of benzene rings is 1. The second kappa shape index (κ2) is 3.26.